The zero-order valence-electron chi connectivity index (χ0n) is 27.1. The molecule has 0 atom stereocenters. The molecular formula is C34H38N4O6. The number of barbiturate groups is 1. The molecule has 230 valence electrons. The van der Waals surface area contributed by atoms with E-state index in [0.29, 0.717) is 11.4 Å². The number of nitrogens with zero attached hydrogens (tertiary/aromatic N) is 4. The molecule has 0 bridgehead atoms. The highest BCUT2D eigenvalue weighted by atomic mass is 16.3. The lowest BCUT2D eigenvalue weighted by atomic mass is 9.96. The van der Waals surface area contributed by atoms with E-state index in [2.05, 4.69) is 0 Å². The lowest BCUT2D eigenvalue weighted by Gasteiger charge is -2.33. The summed E-state index contributed by atoms with van der Waals surface area (Å²) >= 11 is 0. The third-order valence-corrected chi connectivity index (χ3v) is 9.05. The van der Waals surface area contributed by atoms with E-state index in [1.165, 1.54) is 26.2 Å². The van der Waals surface area contributed by atoms with Crippen LogP contribution in [-0.2, 0) is 16.6 Å². The van der Waals surface area contributed by atoms with E-state index in [0.717, 1.165) is 63.4 Å². The Balaban J connectivity index is 1.90. The van der Waals surface area contributed by atoms with Gasteiger partial charge in [-0.2, -0.15) is 0 Å². The van der Waals surface area contributed by atoms with Crippen LogP contribution >= 0.6 is 0 Å². The van der Waals surface area contributed by atoms with Gasteiger partial charge in [-0.1, -0.05) is 0 Å². The maximum Gasteiger partial charge on any atom is 0.338 e. The van der Waals surface area contributed by atoms with Crippen molar-refractivity contribution in [3.63, 3.8) is 0 Å². The third kappa shape index (κ3) is 4.90. The average Bonchev–Trinajstić information content (AvgIpc) is 2.98. The monoisotopic (exact) mass is 598 g/mol. The minimum absolute atomic E-state index is 0.200. The Labute approximate surface area is 256 Å². The zero-order chi connectivity index (χ0) is 33.1. The predicted octanol–water partition coefficient (Wildman–Crippen LogP) is 4.66. The molecule has 0 unspecified atom stereocenters. The number of hydrogen-bond acceptors (Lipinski definition) is 6. The number of allylic oxidation sites excluding steroid dienone is 2. The first kappa shape index (κ1) is 31.9. The first-order valence-corrected chi connectivity index (χ1v) is 14.2. The van der Waals surface area contributed by atoms with Crippen LogP contribution in [0.2, 0.25) is 0 Å². The first-order chi connectivity index (χ1) is 20.4. The number of anilines is 1. The summed E-state index contributed by atoms with van der Waals surface area (Å²) in [4.78, 5) is 69.0. The largest absolute Gasteiger partial charge is 0.494 e. The molecule has 1 aliphatic heterocycles. The number of imide groups is 2. The van der Waals surface area contributed by atoms with Crippen molar-refractivity contribution in [2.45, 2.75) is 62.3 Å². The number of rotatable bonds is 4. The van der Waals surface area contributed by atoms with Crippen LogP contribution in [0.1, 0.15) is 57.0 Å². The van der Waals surface area contributed by atoms with E-state index in [1.807, 2.05) is 55.4 Å². The number of amides is 4. The fraction of sp³-hybridized carbons (Fsp3) is 0.324. The predicted molar refractivity (Wildman–Crippen MR) is 171 cm³/mol. The van der Waals surface area contributed by atoms with E-state index < -0.39 is 35.0 Å². The van der Waals surface area contributed by atoms with Gasteiger partial charge in [-0.25, -0.2) is 19.1 Å². The second kappa shape index (κ2) is 11.3. The molecule has 4 rings (SSSR count). The Morgan fingerprint density at radius 3 is 1.75 bits per heavy atom. The maximum atomic E-state index is 13.8. The van der Waals surface area contributed by atoms with Gasteiger partial charge in [-0.05, 0) is 137 Å². The SMILES string of the molecule is CC(=Cc1c(O)n(C)c(=O)n(-c2cc(C)c(C)c(C)c2C)c1=O)C=C1C(=O)N(C)C(=O)N(c2cc(C)c(C)c(C)c2C)C1=O. The molecule has 0 spiro atoms. The Morgan fingerprint density at radius 1 is 0.705 bits per heavy atom. The van der Waals surface area contributed by atoms with Crippen molar-refractivity contribution in [1.82, 2.24) is 14.0 Å². The second-order valence-electron chi connectivity index (χ2n) is 11.6. The normalized spacial score (nSPS) is 15.2. The second-order valence-corrected chi connectivity index (χ2v) is 11.6. The third-order valence-electron chi connectivity index (χ3n) is 9.05. The number of carbonyl (C=O) groups is 3. The molecule has 0 radical (unpaired) electrons. The van der Waals surface area contributed by atoms with Crippen molar-refractivity contribution in [3.05, 3.63) is 100 Å². The van der Waals surface area contributed by atoms with E-state index >= 15 is 0 Å². The number of hydrogen-bond donors (Lipinski definition) is 1. The first-order valence-electron chi connectivity index (χ1n) is 14.2. The van der Waals surface area contributed by atoms with Crippen LogP contribution in [0.15, 0.2) is 38.9 Å². The van der Waals surface area contributed by atoms with Gasteiger partial charge >= 0.3 is 11.7 Å². The van der Waals surface area contributed by atoms with Crippen LogP contribution in [0.3, 0.4) is 0 Å². The van der Waals surface area contributed by atoms with Gasteiger partial charge < -0.3 is 5.11 Å². The fourth-order valence-electron chi connectivity index (χ4n) is 5.46. The summed E-state index contributed by atoms with van der Waals surface area (Å²) < 4.78 is 1.98. The van der Waals surface area contributed by atoms with Gasteiger partial charge in [0.25, 0.3) is 17.4 Å². The summed E-state index contributed by atoms with van der Waals surface area (Å²) in [6.07, 6.45) is 2.60. The fourth-order valence-corrected chi connectivity index (χ4v) is 5.46. The van der Waals surface area contributed by atoms with Gasteiger partial charge in [0.2, 0.25) is 5.88 Å². The van der Waals surface area contributed by atoms with Crippen LogP contribution in [-0.4, -0.2) is 44.0 Å². The molecule has 1 aliphatic rings. The average molecular weight is 599 g/mol. The quantitative estimate of drug-likeness (QED) is 0.344. The molecule has 3 aromatic rings. The van der Waals surface area contributed by atoms with Crippen molar-refractivity contribution in [2.24, 2.45) is 7.05 Å². The molecule has 1 N–H and O–H groups in total. The molecule has 1 fully saturated rings. The Morgan fingerprint density at radius 2 is 1.20 bits per heavy atom. The molecule has 1 aromatic heterocycles. The lowest BCUT2D eigenvalue weighted by Crippen LogP contribution is -2.55. The van der Waals surface area contributed by atoms with Crippen LogP contribution in [0, 0.1) is 55.4 Å². The summed E-state index contributed by atoms with van der Waals surface area (Å²) in [5.74, 6) is -2.17. The van der Waals surface area contributed by atoms with Crippen LogP contribution in [0.25, 0.3) is 11.8 Å². The molecule has 10 heteroatoms. The summed E-state index contributed by atoms with van der Waals surface area (Å²) in [6.45, 7) is 16.7. The minimum Gasteiger partial charge on any atom is -0.494 e. The van der Waals surface area contributed by atoms with E-state index in [1.54, 1.807) is 19.1 Å². The Kier molecular flexibility index (Phi) is 8.17. The summed E-state index contributed by atoms with van der Waals surface area (Å²) in [6, 6.07) is 2.73. The van der Waals surface area contributed by atoms with Gasteiger partial charge in [0.15, 0.2) is 0 Å². The van der Waals surface area contributed by atoms with Crippen molar-refractivity contribution in [3.8, 4) is 11.6 Å². The van der Waals surface area contributed by atoms with Crippen LogP contribution in [0.4, 0.5) is 10.5 Å². The molecule has 0 aliphatic carbocycles. The van der Waals surface area contributed by atoms with Crippen LogP contribution in [0.5, 0.6) is 5.88 Å². The molecule has 2 aromatic carbocycles. The summed E-state index contributed by atoms with van der Waals surface area (Å²) in [7, 11) is 2.65. The van der Waals surface area contributed by atoms with Gasteiger partial charge in [-0.3, -0.25) is 23.9 Å². The van der Waals surface area contributed by atoms with Crippen molar-refractivity contribution in [1.29, 1.82) is 0 Å². The zero-order valence-corrected chi connectivity index (χ0v) is 27.1. The molecule has 2 heterocycles. The van der Waals surface area contributed by atoms with Gasteiger partial charge in [-0.15, -0.1) is 0 Å². The minimum atomic E-state index is -0.806. The smallest absolute Gasteiger partial charge is 0.338 e. The number of aromatic hydroxyl groups is 1. The number of carbonyl (C=O) groups excluding carboxylic acids is 3. The van der Waals surface area contributed by atoms with Gasteiger partial charge in [0, 0.05) is 14.1 Å². The standard InChI is InChI=1S/C34H38N4O6/c1-16(12-25-29(39)35(10)33(43)37(31(25)41)27-14-17(2)19(4)21(6)23(27)8)13-26-30(40)36(11)34(44)38(32(26)42)28-15-18(3)20(5)22(7)24(28)9/h12-15,39H,1-11H3. The topological polar surface area (TPSA) is 122 Å². The molecular weight excluding hydrogens is 560 g/mol. The molecule has 4 amide bonds. The maximum absolute atomic E-state index is 13.8. The summed E-state index contributed by atoms with van der Waals surface area (Å²) in [5.41, 5.74) is 6.28. The molecule has 10 nitrogen and oxygen atoms in total. The number of urea groups is 1. The lowest BCUT2D eigenvalue weighted by molar-refractivity contribution is -0.128. The van der Waals surface area contributed by atoms with Crippen molar-refractivity contribution >= 4 is 29.6 Å². The van der Waals surface area contributed by atoms with E-state index in [9.17, 15) is 29.1 Å². The summed E-state index contributed by atoms with van der Waals surface area (Å²) in [5, 5.41) is 10.9. The van der Waals surface area contributed by atoms with Gasteiger partial charge in [0.05, 0.1) is 11.4 Å². The van der Waals surface area contributed by atoms with E-state index in [4.69, 9.17) is 0 Å². The van der Waals surface area contributed by atoms with Crippen molar-refractivity contribution in [2.75, 3.05) is 11.9 Å². The number of aromatic nitrogens is 2. The highest BCUT2D eigenvalue weighted by Crippen LogP contribution is 2.32. The number of benzene rings is 2. The Bertz CT molecular complexity index is 1990. The molecule has 44 heavy (non-hydrogen) atoms. The highest BCUT2D eigenvalue weighted by molar-refractivity contribution is 6.37. The van der Waals surface area contributed by atoms with E-state index in [-0.39, 0.29) is 16.7 Å². The highest BCUT2D eigenvalue weighted by Gasteiger charge is 2.41. The van der Waals surface area contributed by atoms with Crippen LogP contribution < -0.4 is 16.1 Å². The van der Waals surface area contributed by atoms with Crippen molar-refractivity contribution < 1.29 is 19.5 Å². The number of likely N-dealkylation sites (N-methyl/N-ethyl adjacent to an activating group) is 1. The molecule has 1 saturated heterocycles. The Hall–Kier alpha value is -4.99. The number of aryl methyl sites for hydroxylation is 2. The van der Waals surface area contributed by atoms with Gasteiger partial charge in [0.1, 0.15) is 11.1 Å². The molecule has 0 saturated carbocycles.